The molecule has 2 aromatic rings. The Balaban J connectivity index is 2.47. The van der Waals surface area contributed by atoms with Crippen LogP contribution >= 0.6 is 0 Å². The van der Waals surface area contributed by atoms with E-state index in [1.54, 1.807) is 26.0 Å². The number of amides is 1. The molecule has 0 saturated carbocycles. The van der Waals surface area contributed by atoms with Crippen LogP contribution in [0.2, 0.25) is 0 Å². The van der Waals surface area contributed by atoms with E-state index in [2.05, 4.69) is 15.3 Å². The first-order valence-corrected chi connectivity index (χ1v) is 6.26. The van der Waals surface area contributed by atoms with Crippen LogP contribution in [-0.4, -0.2) is 23.5 Å². The summed E-state index contributed by atoms with van der Waals surface area (Å²) >= 11 is 0. The number of ether oxygens (including phenoxy) is 1. The molecule has 0 aliphatic carbocycles. The first-order chi connectivity index (χ1) is 10.0. The molecule has 0 fully saturated rings. The fourth-order valence-electron chi connectivity index (χ4n) is 1.82. The number of phenols is 1. The second-order valence-electron chi connectivity index (χ2n) is 4.16. The van der Waals surface area contributed by atoms with Gasteiger partial charge in [-0.3, -0.25) is 0 Å². The second-order valence-corrected chi connectivity index (χ2v) is 4.16. The summed E-state index contributed by atoms with van der Waals surface area (Å²) in [5.74, 6) is -0.108. The maximum absolute atomic E-state index is 11.3. The van der Waals surface area contributed by atoms with Crippen molar-refractivity contribution in [3.8, 4) is 5.75 Å². The van der Waals surface area contributed by atoms with Crippen molar-refractivity contribution < 1.29 is 19.1 Å². The van der Waals surface area contributed by atoms with Gasteiger partial charge >= 0.3 is 11.7 Å². The molecule has 110 valence electrons. The van der Waals surface area contributed by atoms with Gasteiger partial charge in [0.2, 0.25) is 0 Å². The molecule has 0 atom stereocenters. The van der Waals surface area contributed by atoms with Crippen LogP contribution in [0.25, 0.3) is 11.0 Å². The van der Waals surface area contributed by atoms with Crippen LogP contribution in [0, 0.1) is 0 Å². The topological polar surface area (TPSA) is 101 Å². The highest BCUT2D eigenvalue weighted by atomic mass is 16.5. The maximum atomic E-state index is 11.3. The van der Waals surface area contributed by atoms with Crippen LogP contribution in [0.1, 0.15) is 19.4 Å². The van der Waals surface area contributed by atoms with Gasteiger partial charge in [-0.05, 0) is 32.0 Å². The van der Waals surface area contributed by atoms with E-state index in [1.165, 1.54) is 12.1 Å². The zero-order valence-electron chi connectivity index (χ0n) is 11.5. The molecule has 1 aromatic heterocycles. The van der Waals surface area contributed by atoms with Crippen molar-refractivity contribution in [1.82, 2.24) is 5.43 Å². The number of carbonyl (C=O) groups is 1. The zero-order chi connectivity index (χ0) is 15.4. The molecule has 0 spiro atoms. The molecule has 1 amide bonds. The van der Waals surface area contributed by atoms with Gasteiger partial charge in [0.25, 0.3) is 0 Å². The smallest absolute Gasteiger partial charge is 0.427 e. The molecule has 0 radical (unpaired) electrons. The molecule has 7 nitrogen and oxygen atoms in total. The Kier molecular flexibility index (Phi) is 4.22. The standard InChI is InChI=1S/C14H14N2O5/c1-3-20-14(19)16-15-8(2)12-10(17)6-4-9-5-7-11(18)21-13(9)12/h4-7,17H,3H2,1-2H3,(H,16,19)/b15-8+. The second kappa shape index (κ2) is 6.08. The van der Waals surface area contributed by atoms with E-state index in [4.69, 9.17) is 4.42 Å². The van der Waals surface area contributed by atoms with Gasteiger partial charge < -0.3 is 14.3 Å². The molecule has 0 aliphatic rings. The highest BCUT2D eigenvalue weighted by Crippen LogP contribution is 2.26. The lowest BCUT2D eigenvalue weighted by Crippen LogP contribution is -2.20. The van der Waals surface area contributed by atoms with Crippen molar-refractivity contribution in [2.75, 3.05) is 6.61 Å². The zero-order valence-corrected chi connectivity index (χ0v) is 11.5. The predicted octanol–water partition coefficient (Wildman–Crippen LogP) is 1.97. The summed E-state index contributed by atoms with van der Waals surface area (Å²) in [6.07, 6.45) is -0.710. The van der Waals surface area contributed by atoms with Crippen molar-refractivity contribution in [3.63, 3.8) is 0 Å². The van der Waals surface area contributed by atoms with E-state index in [1.807, 2.05) is 0 Å². The molecule has 1 aromatic carbocycles. The van der Waals surface area contributed by atoms with Crippen molar-refractivity contribution in [3.05, 3.63) is 40.2 Å². The van der Waals surface area contributed by atoms with Crippen LogP contribution < -0.4 is 11.1 Å². The highest BCUT2D eigenvalue weighted by Gasteiger charge is 2.13. The molecule has 0 saturated heterocycles. The summed E-state index contributed by atoms with van der Waals surface area (Å²) in [5, 5.41) is 14.4. The summed E-state index contributed by atoms with van der Waals surface area (Å²) < 4.78 is 9.78. The number of phenolic OH excluding ortho intramolecular Hbond substituents is 1. The Morgan fingerprint density at radius 1 is 1.38 bits per heavy atom. The Morgan fingerprint density at radius 2 is 2.10 bits per heavy atom. The minimum absolute atomic E-state index is 0.108. The Bertz CT molecular complexity index is 764. The average molecular weight is 290 g/mol. The van der Waals surface area contributed by atoms with E-state index >= 15 is 0 Å². The number of carbonyl (C=O) groups excluding carboxylic acids is 1. The van der Waals surface area contributed by atoms with Gasteiger partial charge in [0.05, 0.1) is 17.9 Å². The van der Waals surface area contributed by atoms with Crippen LogP contribution in [-0.2, 0) is 4.74 Å². The summed E-state index contributed by atoms with van der Waals surface area (Å²) in [6, 6.07) is 5.94. The number of nitrogens with one attached hydrogen (secondary N) is 1. The average Bonchev–Trinajstić information content (AvgIpc) is 2.45. The number of aromatic hydroxyl groups is 1. The Hall–Kier alpha value is -2.83. The van der Waals surface area contributed by atoms with E-state index in [9.17, 15) is 14.7 Å². The van der Waals surface area contributed by atoms with Gasteiger partial charge in [-0.15, -0.1) is 0 Å². The number of benzene rings is 1. The Labute approximate surface area is 119 Å². The molecule has 7 heteroatoms. The molecule has 2 N–H and O–H groups in total. The van der Waals surface area contributed by atoms with Gasteiger partial charge in [0, 0.05) is 11.5 Å². The molecule has 1 heterocycles. The van der Waals surface area contributed by atoms with Gasteiger partial charge in [-0.1, -0.05) is 0 Å². The van der Waals surface area contributed by atoms with Gasteiger partial charge in [-0.25, -0.2) is 15.0 Å². The molecular formula is C14H14N2O5. The lowest BCUT2D eigenvalue weighted by molar-refractivity contribution is 0.152. The number of hydrogen-bond donors (Lipinski definition) is 2. The number of nitrogens with zero attached hydrogens (tertiary/aromatic N) is 1. The first-order valence-electron chi connectivity index (χ1n) is 6.26. The summed E-state index contributed by atoms with van der Waals surface area (Å²) in [5.41, 5.74) is 2.36. The van der Waals surface area contributed by atoms with Crippen LogP contribution in [0.4, 0.5) is 4.79 Å². The minimum atomic E-state index is -0.710. The van der Waals surface area contributed by atoms with Gasteiger partial charge in [-0.2, -0.15) is 5.10 Å². The largest absolute Gasteiger partial charge is 0.507 e. The normalized spacial score (nSPS) is 11.4. The van der Waals surface area contributed by atoms with Gasteiger partial charge in [0.15, 0.2) is 5.58 Å². The van der Waals surface area contributed by atoms with Crippen LogP contribution in [0.15, 0.2) is 38.6 Å². The van der Waals surface area contributed by atoms with Crippen molar-refractivity contribution in [2.45, 2.75) is 13.8 Å². The predicted molar refractivity (Wildman–Crippen MR) is 76.5 cm³/mol. The third kappa shape index (κ3) is 3.19. The monoisotopic (exact) mass is 290 g/mol. The lowest BCUT2D eigenvalue weighted by atomic mass is 10.1. The Morgan fingerprint density at radius 3 is 2.81 bits per heavy atom. The number of hydrogen-bond acceptors (Lipinski definition) is 6. The minimum Gasteiger partial charge on any atom is -0.507 e. The summed E-state index contributed by atoms with van der Waals surface area (Å²) in [7, 11) is 0. The number of rotatable bonds is 3. The first kappa shape index (κ1) is 14.6. The lowest BCUT2D eigenvalue weighted by Gasteiger charge is -2.07. The third-order valence-electron chi connectivity index (χ3n) is 2.72. The molecule has 2 rings (SSSR count). The van der Waals surface area contributed by atoms with Crippen molar-refractivity contribution >= 4 is 22.8 Å². The number of fused-ring (bicyclic) bond motifs is 1. The quantitative estimate of drug-likeness (QED) is 0.511. The summed E-state index contributed by atoms with van der Waals surface area (Å²) in [4.78, 5) is 22.5. The molecule has 0 unspecified atom stereocenters. The third-order valence-corrected chi connectivity index (χ3v) is 2.72. The van der Waals surface area contributed by atoms with E-state index < -0.39 is 11.7 Å². The van der Waals surface area contributed by atoms with Crippen LogP contribution in [0.5, 0.6) is 5.75 Å². The van der Waals surface area contributed by atoms with Gasteiger partial charge in [0.1, 0.15) is 5.75 Å². The van der Waals surface area contributed by atoms with Crippen molar-refractivity contribution in [1.29, 1.82) is 0 Å². The highest BCUT2D eigenvalue weighted by molar-refractivity contribution is 6.10. The molecule has 0 aliphatic heterocycles. The van der Waals surface area contributed by atoms with E-state index in [-0.39, 0.29) is 29.2 Å². The van der Waals surface area contributed by atoms with Crippen molar-refractivity contribution in [2.24, 2.45) is 5.10 Å². The fourth-order valence-corrected chi connectivity index (χ4v) is 1.82. The van der Waals surface area contributed by atoms with Crippen LogP contribution in [0.3, 0.4) is 0 Å². The van der Waals surface area contributed by atoms with E-state index in [0.29, 0.717) is 5.39 Å². The molecule has 0 bridgehead atoms. The molecular weight excluding hydrogens is 276 g/mol. The number of hydrazone groups is 1. The maximum Gasteiger partial charge on any atom is 0.427 e. The SMILES string of the molecule is CCOC(=O)N/N=C(\C)c1c(O)ccc2ccc(=O)oc12. The van der Waals surface area contributed by atoms with E-state index in [0.717, 1.165) is 0 Å². The fraction of sp³-hybridized carbons (Fsp3) is 0.214. The summed E-state index contributed by atoms with van der Waals surface area (Å²) in [6.45, 7) is 3.45. The molecule has 21 heavy (non-hydrogen) atoms.